The molecule has 0 saturated heterocycles. The fourth-order valence-corrected chi connectivity index (χ4v) is 2.42. The van der Waals surface area contributed by atoms with E-state index in [4.69, 9.17) is 14.2 Å². The minimum atomic E-state index is -0.483. The van der Waals surface area contributed by atoms with Crippen molar-refractivity contribution < 1.29 is 19.0 Å². The molecule has 1 aliphatic rings. The number of ether oxygens (including phenoxy) is 3. The summed E-state index contributed by atoms with van der Waals surface area (Å²) in [5.74, 6) is 1.13. The van der Waals surface area contributed by atoms with Crippen LogP contribution in [0.25, 0.3) is 17.0 Å². The first-order valence-electron chi connectivity index (χ1n) is 7.43. The average Bonchev–Trinajstić information content (AvgIpc) is 3.07. The first-order valence-corrected chi connectivity index (χ1v) is 7.43. The van der Waals surface area contributed by atoms with Crippen molar-refractivity contribution in [2.24, 2.45) is 0 Å². The van der Waals surface area contributed by atoms with Crippen molar-refractivity contribution in [1.29, 1.82) is 0 Å². The number of pyridine rings is 1. The fraction of sp³-hybridized carbons (Fsp3) is 0.0526. The number of benzene rings is 2. The van der Waals surface area contributed by atoms with Gasteiger partial charge in [0.25, 0.3) is 0 Å². The van der Waals surface area contributed by atoms with E-state index in [1.807, 2.05) is 36.4 Å². The lowest BCUT2D eigenvalue weighted by molar-refractivity contribution is -0.128. The topological polar surface area (TPSA) is 57.7 Å². The van der Waals surface area contributed by atoms with Crippen molar-refractivity contribution >= 4 is 22.9 Å². The number of aromatic nitrogens is 1. The molecular formula is C19H13NO4. The second kappa shape index (κ2) is 6.04. The van der Waals surface area contributed by atoms with Crippen molar-refractivity contribution in [3.05, 3.63) is 66.4 Å². The molecule has 0 radical (unpaired) electrons. The molecule has 0 bridgehead atoms. The molecule has 1 aromatic heterocycles. The summed E-state index contributed by atoms with van der Waals surface area (Å²) in [5, 5.41) is 1.05. The Balaban J connectivity index is 1.47. The number of hydrogen-bond acceptors (Lipinski definition) is 5. The minimum Gasteiger partial charge on any atom is -0.454 e. The predicted molar refractivity (Wildman–Crippen MR) is 89.0 cm³/mol. The van der Waals surface area contributed by atoms with Gasteiger partial charge in [0.05, 0.1) is 11.2 Å². The molecule has 1 aliphatic heterocycles. The van der Waals surface area contributed by atoms with Crippen LogP contribution in [0.4, 0.5) is 0 Å². The Hall–Kier alpha value is -3.34. The zero-order valence-corrected chi connectivity index (χ0v) is 12.6. The molecule has 0 spiro atoms. The molecule has 3 aromatic rings. The third kappa shape index (κ3) is 2.92. The van der Waals surface area contributed by atoms with E-state index in [1.165, 1.54) is 6.08 Å². The lowest BCUT2D eigenvalue weighted by atomic mass is 10.2. The van der Waals surface area contributed by atoms with Gasteiger partial charge in [-0.2, -0.15) is 0 Å². The predicted octanol–water partition coefficient (Wildman–Crippen LogP) is 3.58. The summed E-state index contributed by atoms with van der Waals surface area (Å²) < 4.78 is 15.7. The number of para-hydroxylation sites is 1. The van der Waals surface area contributed by atoms with Gasteiger partial charge in [0.15, 0.2) is 11.5 Å². The van der Waals surface area contributed by atoms with Crippen molar-refractivity contribution in [2.45, 2.75) is 0 Å². The molecule has 2 heterocycles. The van der Waals surface area contributed by atoms with Gasteiger partial charge in [-0.05, 0) is 30.3 Å². The SMILES string of the molecule is O=C(/C=C/c1ccc2ccccc2n1)Oc1ccc2c(c1)OCO2. The summed E-state index contributed by atoms with van der Waals surface area (Å²) in [6.07, 6.45) is 2.98. The molecule has 5 heteroatoms. The van der Waals surface area contributed by atoms with E-state index in [-0.39, 0.29) is 6.79 Å². The number of carbonyl (C=O) groups excluding carboxylic acids is 1. The summed E-state index contributed by atoms with van der Waals surface area (Å²) in [6, 6.07) is 16.6. The van der Waals surface area contributed by atoms with Gasteiger partial charge in [-0.15, -0.1) is 0 Å². The van der Waals surface area contributed by atoms with E-state index < -0.39 is 5.97 Å². The Morgan fingerprint density at radius 2 is 1.92 bits per heavy atom. The van der Waals surface area contributed by atoms with Crippen molar-refractivity contribution in [2.75, 3.05) is 6.79 Å². The van der Waals surface area contributed by atoms with Crippen LogP contribution in [-0.4, -0.2) is 17.7 Å². The summed E-state index contributed by atoms with van der Waals surface area (Å²) in [6.45, 7) is 0.181. The first-order chi connectivity index (χ1) is 11.8. The Labute approximate surface area is 138 Å². The fourth-order valence-electron chi connectivity index (χ4n) is 2.42. The number of carbonyl (C=O) groups is 1. The van der Waals surface area contributed by atoms with Crippen LogP contribution in [0.2, 0.25) is 0 Å². The second-order valence-corrected chi connectivity index (χ2v) is 5.20. The van der Waals surface area contributed by atoms with Crippen LogP contribution in [0.15, 0.2) is 60.7 Å². The van der Waals surface area contributed by atoms with E-state index >= 15 is 0 Å². The highest BCUT2D eigenvalue weighted by Gasteiger charge is 2.14. The van der Waals surface area contributed by atoms with Crippen LogP contribution in [-0.2, 0) is 4.79 Å². The number of hydrogen-bond donors (Lipinski definition) is 0. The lowest BCUT2D eigenvalue weighted by Crippen LogP contribution is -2.03. The van der Waals surface area contributed by atoms with Gasteiger partial charge in [0.1, 0.15) is 5.75 Å². The average molecular weight is 319 g/mol. The molecule has 0 unspecified atom stereocenters. The maximum absolute atomic E-state index is 11.9. The van der Waals surface area contributed by atoms with Crippen LogP contribution in [0.3, 0.4) is 0 Å². The van der Waals surface area contributed by atoms with Gasteiger partial charge in [0.2, 0.25) is 6.79 Å². The third-order valence-electron chi connectivity index (χ3n) is 3.57. The molecule has 5 nitrogen and oxygen atoms in total. The Morgan fingerprint density at radius 1 is 1.04 bits per heavy atom. The molecular weight excluding hydrogens is 306 g/mol. The van der Waals surface area contributed by atoms with Gasteiger partial charge in [-0.25, -0.2) is 9.78 Å². The number of fused-ring (bicyclic) bond motifs is 2. The van der Waals surface area contributed by atoms with Gasteiger partial charge in [-0.3, -0.25) is 0 Å². The number of esters is 1. The van der Waals surface area contributed by atoms with Crippen molar-refractivity contribution in [3.63, 3.8) is 0 Å². The number of rotatable bonds is 3. The van der Waals surface area contributed by atoms with Gasteiger partial charge in [-0.1, -0.05) is 24.3 Å². The Kier molecular flexibility index (Phi) is 3.59. The molecule has 2 aromatic carbocycles. The highest BCUT2D eigenvalue weighted by Crippen LogP contribution is 2.35. The zero-order valence-electron chi connectivity index (χ0n) is 12.6. The summed E-state index contributed by atoms with van der Waals surface area (Å²) in [4.78, 5) is 16.4. The van der Waals surface area contributed by atoms with E-state index in [1.54, 1.807) is 24.3 Å². The first kappa shape index (κ1) is 14.3. The molecule has 118 valence electrons. The van der Waals surface area contributed by atoms with Crippen LogP contribution < -0.4 is 14.2 Å². The normalized spacial score (nSPS) is 12.7. The summed E-state index contributed by atoms with van der Waals surface area (Å²) in [5.41, 5.74) is 1.57. The van der Waals surface area contributed by atoms with Crippen molar-refractivity contribution in [1.82, 2.24) is 4.98 Å². The standard InChI is InChI=1S/C19H13NO4/c21-19(24-15-8-9-17-18(11-15)23-12-22-17)10-7-14-6-5-13-3-1-2-4-16(13)20-14/h1-11H,12H2/b10-7+. The highest BCUT2D eigenvalue weighted by atomic mass is 16.7. The zero-order chi connectivity index (χ0) is 16.4. The van der Waals surface area contributed by atoms with Gasteiger partial charge in [0, 0.05) is 17.5 Å². The molecule has 0 aliphatic carbocycles. The van der Waals surface area contributed by atoms with Crippen LogP contribution in [0, 0.1) is 0 Å². The second-order valence-electron chi connectivity index (χ2n) is 5.20. The summed E-state index contributed by atoms with van der Waals surface area (Å²) >= 11 is 0. The molecule has 0 saturated carbocycles. The molecule has 0 atom stereocenters. The maximum atomic E-state index is 11.9. The quantitative estimate of drug-likeness (QED) is 0.419. The molecule has 4 rings (SSSR count). The van der Waals surface area contributed by atoms with Crippen LogP contribution in [0.1, 0.15) is 5.69 Å². The maximum Gasteiger partial charge on any atom is 0.336 e. The van der Waals surface area contributed by atoms with E-state index in [0.717, 1.165) is 10.9 Å². The van der Waals surface area contributed by atoms with Crippen LogP contribution >= 0.6 is 0 Å². The Morgan fingerprint density at radius 3 is 2.88 bits per heavy atom. The monoisotopic (exact) mass is 319 g/mol. The van der Waals surface area contributed by atoms with Crippen molar-refractivity contribution in [3.8, 4) is 17.2 Å². The van der Waals surface area contributed by atoms with E-state index in [9.17, 15) is 4.79 Å². The number of nitrogens with zero attached hydrogens (tertiary/aromatic N) is 1. The molecule has 0 fully saturated rings. The molecule has 0 amide bonds. The lowest BCUT2D eigenvalue weighted by Gasteiger charge is -2.02. The van der Waals surface area contributed by atoms with Gasteiger partial charge < -0.3 is 14.2 Å². The smallest absolute Gasteiger partial charge is 0.336 e. The van der Waals surface area contributed by atoms with Crippen LogP contribution in [0.5, 0.6) is 17.2 Å². The molecule has 0 N–H and O–H groups in total. The third-order valence-corrected chi connectivity index (χ3v) is 3.57. The molecule has 24 heavy (non-hydrogen) atoms. The van der Waals surface area contributed by atoms with E-state index in [0.29, 0.717) is 22.9 Å². The summed E-state index contributed by atoms with van der Waals surface area (Å²) in [7, 11) is 0. The largest absolute Gasteiger partial charge is 0.454 e. The van der Waals surface area contributed by atoms with Gasteiger partial charge >= 0.3 is 5.97 Å². The Bertz CT molecular complexity index is 949. The highest BCUT2D eigenvalue weighted by molar-refractivity contribution is 5.89. The van der Waals surface area contributed by atoms with E-state index in [2.05, 4.69) is 4.98 Å². The minimum absolute atomic E-state index is 0.181.